The summed E-state index contributed by atoms with van der Waals surface area (Å²) < 4.78 is 4.88. The van der Waals surface area contributed by atoms with Gasteiger partial charge in [-0.3, -0.25) is 0 Å². The van der Waals surface area contributed by atoms with E-state index in [1.807, 2.05) is 30.3 Å². The van der Waals surface area contributed by atoms with E-state index in [1.54, 1.807) is 0 Å². The van der Waals surface area contributed by atoms with Crippen molar-refractivity contribution in [3.63, 3.8) is 0 Å². The van der Waals surface area contributed by atoms with E-state index in [-0.39, 0.29) is 0 Å². The van der Waals surface area contributed by atoms with E-state index in [1.165, 1.54) is 0 Å². The molecule has 1 fully saturated rings. The second-order valence-electron chi connectivity index (χ2n) is 3.93. The highest BCUT2D eigenvalue weighted by atomic mass is 16.6. The Hall–Kier alpha value is -1.35. The fourth-order valence-electron chi connectivity index (χ4n) is 1.86. The number of benzene rings is 1. The third-order valence-electron chi connectivity index (χ3n) is 2.69. The van der Waals surface area contributed by atoms with Gasteiger partial charge >= 0.3 is 5.97 Å². The number of carbonyl (C=O) groups excluding carboxylic acids is 1. The van der Waals surface area contributed by atoms with Gasteiger partial charge in [0.05, 0.1) is 6.61 Å². The van der Waals surface area contributed by atoms with Crippen LogP contribution in [0, 0.1) is 0 Å². The number of rotatable bonds is 2. The molecule has 15 heavy (non-hydrogen) atoms. The summed E-state index contributed by atoms with van der Waals surface area (Å²) in [5.41, 5.74) is -0.363. The normalized spacial score (nSPS) is 26.1. The summed E-state index contributed by atoms with van der Waals surface area (Å²) in [6.45, 7) is 0.427. The zero-order valence-corrected chi connectivity index (χ0v) is 8.48. The van der Waals surface area contributed by atoms with Gasteiger partial charge in [0.2, 0.25) is 0 Å². The monoisotopic (exact) mass is 206 g/mol. The minimum Gasteiger partial charge on any atom is -0.464 e. The molecule has 1 aromatic rings. The Morgan fingerprint density at radius 1 is 1.33 bits per heavy atom. The second-order valence-corrected chi connectivity index (χ2v) is 3.93. The van der Waals surface area contributed by atoms with Crippen LogP contribution >= 0.6 is 0 Å². The first-order chi connectivity index (χ1) is 7.21. The van der Waals surface area contributed by atoms with E-state index in [4.69, 9.17) is 4.74 Å². The molecule has 0 bridgehead atoms. The van der Waals surface area contributed by atoms with Crippen molar-refractivity contribution in [2.24, 2.45) is 0 Å². The maximum absolute atomic E-state index is 11.4. The molecule has 3 heteroatoms. The average Bonchev–Trinajstić information content (AvgIpc) is 2.24. The first-order valence-electron chi connectivity index (χ1n) is 5.14. The van der Waals surface area contributed by atoms with Crippen molar-refractivity contribution in [3.8, 4) is 0 Å². The highest BCUT2D eigenvalue weighted by Gasteiger charge is 2.39. The lowest BCUT2D eigenvalue weighted by Crippen LogP contribution is -2.45. The van der Waals surface area contributed by atoms with Crippen LogP contribution in [0.15, 0.2) is 30.3 Å². The largest absolute Gasteiger partial charge is 0.464 e. The number of aliphatic hydroxyl groups is 1. The molecular formula is C12H14O3. The van der Waals surface area contributed by atoms with Crippen molar-refractivity contribution in [1.29, 1.82) is 0 Å². The van der Waals surface area contributed by atoms with Crippen LogP contribution in [0.1, 0.15) is 18.4 Å². The first-order valence-corrected chi connectivity index (χ1v) is 5.14. The minimum atomic E-state index is -1.32. The Labute approximate surface area is 88.7 Å². The van der Waals surface area contributed by atoms with Crippen LogP contribution in [-0.4, -0.2) is 23.3 Å². The summed E-state index contributed by atoms with van der Waals surface area (Å²) in [5, 5.41) is 10.1. The summed E-state index contributed by atoms with van der Waals surface area (Å²) in [5.74, 6) is -0.488. The van der Waals surface area contributed by atoms with Crippen molar-refractivity contribution in [2.45, 2.75) is 24.9 Å². The molecule has 0 aliphatic carbocycles. The molecule has 1 aliphatic heterocycles. The molecule has 2 rings (SSSR count). The first kappa shape index (κ1) is 10.2. The molecule has 1 atom stereocenters. The van der Waals surface area contributed by atoms with Gasteiger partial charge in [0.15, 0.2) is 5.60 Å². The highest BCUT2D eigenvalue weighted by Crippen LogP contribution is 2.24. The Morgan fingerprint density at radius 2 is 2.07 bits per heavy atom. The number of cyclic esters (lactones) is 1. The third kappa shape index (κ3) is 2.18. The van der Waals surface area contributed by atoms with Gasteiger partial charge in [0.1, 0.15) is 0 Å². The van der Waals surface area contributed by atoms with Crippen molar-refractivity contribution >= 4 is 5.97 Å². The van der Waals surface area contributed by atoms with Crippen LogP contribution in [0.3, 0.4) is 0 Å². The van der Waals surface area contributed by atoms with E-state index in [2.05, 4.69) is 0 Å². The Bertz CT molecular complexity index is 347. The Kier molecular flexibility index (Phi) is 2.73. The van der Waals surface area contributed by atoms with E-state index < -0.39 is 11.6 Å². The second kappa shape index (κ2) is 4.03. The van der Waals surface area contributed by atoms with Gasteiger partial charge in [-0.1, -0.05) is 30.3 Å². The summed E-state index contributed by atoms with van der Waals surface area (Å²) in [6.07, 6.45) is 1.56. The van der Waals surface area contributed by atoms with Crippen molar-refractivity contribution in [2.75, 3.05) is 6.61 Å². The van der Waals surface area contributed by atoms with Gasteiger partial charge in [-0.05, 0) is 18.4 Å². The lowest BCUT2D eigenvalue weighted by molar-refractivity contribution is -0.173. The number of ether oxygens (including phenoxy) is 1. The average molecular weight is 206 g/mol. The van der Waals surface area contributed by atoms with Gasteiger partial charge in [-0.2, -0.15) is 0 Å². The Morgan fingerprint density at radius 3 is 2.73 bits per heavy atom. The SMILES string of the molecule is O=C1OCCC[C@@]1(O)Cc1ccccc1. The molecule has 80 valence electrons. The van der Waals surface area contributed by atoms with Gasteiger partial charge in [0, 0.05) is 6.42 Å². The molecule has 1 heterocycles. The maximum Gasteiger partial charge on any atom is 0.338 e. The fraction of sp³-hybridized carbons (Fsp3) is 0.417. The predicted molar refractivity (Wildman–Crippen MR) is 55.3 cm³/mol. The van der Waals surface area contributed by atoms with E-state index in [0.29, 0.717) is 19.4 Å². The van der Waals surface area contributed by atoms with Crippen LogP contribution in [0.4, 0.5) is 0 Å². The zero-order chi connectivity index (χ0) is 10.7. The molecule has 0 amide bonds. The molecule has 0 aromatic heterocycles. The van der Waals surface area contributed by atoms with Crippen LogP contribution in [-0.2, 0) is 16.0 Å². The van der Waals surface area contributed by atoms with Crippen LogP contribution in [0.2, 0.25) is 0 Å². The topological polar surface area (TPSA) is 46.5 Å². The quantitative estimate of drug-likeness (QED) is 0.742. The molecule has 1 aromatic carbocycles. The third-order valence-corrected chi connectivity index (χ3v) is 2.69. The van der Waals surface area contributed by atoms with E-state index in [9.17, 15) is 9.90 Å². The number of hydrogen-bond donors (Lipinski definition) is 1. The summed E-state index contributed by atoms with van der Waals surface area (Å²) in [6, 6.07) is 9.51. The Balaban J connectivity index is 2.13. The number of hydrogen-bond acceptors (Lipinski definition) is 3. The van der Waals surface area contributed by atoms with Crippen molar-refractivity contribution in [3.05, 3.63) is 35.9 Å². The summed E-state index contributed by atoms with van der Waals surface area (Å²) in [4.78, 5) is 11.4. The molecule has 1 N–H and O–H groups in total. The molecular weight excluding hydrogens is 192 g/mol. The number of esters is 1. The lowest BCUT2D eigenvalue weighted by Gasteiger charge is -2.29. The summed E-state index contributed by atoms with van der Waals surface area (Å²) >= 11 is 0. The fourth-order valence-corrected chi connectivity index (χ4v) is 1.86. The van der Waals surface area contributed by atoms with Crippen molar-refractivity contribution < 1.29 is 14.6 Å². The number of carbonyl (C=O) groups is 1. The standard InChI is InChI=1S/C12H14O3/c13-11-12(14,7-4-8-15-11)9-10-5-2-1-3-6-10/h1-3,5-6,14H,4,7-9H2/t12-/m1/s1. The molecule has 3 nitrogen and oxygen atoms in total. The zero-order valence-electron chi connectivity index (χ0n) is 8.48. The molecule has 1 saturated heterocycles. The summed E-state index contributed by atoms with van der Waals surface area (Å²) in [7, 11) is 0. The molecule has 0 spiro atoms. The maximum atomic E-state index is 11.4. The highest BCUT2D eigenvalue weighted by molar-refractivity contribution is 5.80. The molecule has 1 aliphatic rings. The van der Waals surface area contributed by atoms with E-state index in [0.717, 1.165) is 12.0 Å². The van der Waals surface area contributed by atoms with E-state index >= 15 is 0 Å². The molecule has 0 unspecified atom stereocenters. The lowest BCUT2D eigenvalue weighted by atomic mass is 9.89. The van der Waals surface area contributed by atoms with Gasteiger partial charge in [-0.25, -0.2) is 4.79 Å². The molecule has 0 radical (unpaired) electrons. The predicted octanol–water partition coefficient (Wildman–Crippen LogP) is 1.30. The van der Waals surface area contributed by atoms with Gasteiger partial charge in [0.25, 0.3) is 0 Å². The smallest absolute Gasteiger partial charge is 0.338 e. The minimum absolute atomic E-state index is 0.340. The van der Waals surface area contributed by atoms with Gasteiger partial charge < -0.3 is 9.84 Å². The van der Waals surface area contributed by atoms with Crippen molar-refractivity contribution in [1.82, 2.24) is 0 Å². The van der Waals surface area contributed by atoms with Crippen LogP contribution < -0.4 is 0 Å². The molecule has 0 saturated carbocycles. The van der Waals surface area contributed by atoms with Crippen LogP contribution in [0.25, 0.3) is 0 Å². The van der Waals surface area contributed by atoms with Gasteiger partial charge in [-0.15, -0.1) is 0 Å². The van der Waals surface area contributed by atoms with Crippen LogP contribution in [0.5, 0.6) is 0 Å².